The number of nitrogens with one attached hydrogen (secondary N) is 1. The monoisotopic (exact) mass is 416 g/mol. The molecule has 0 aliphatic carbocycles. The quantitative estimate of drug-likeness (QED) is 0.808. The molecule has 0 aromatic carbocycles. The average molecular weight is 418 g/mol. The SMILES string of the molecule is CC(C)(C)OC(=O)N1CC[C@H](Nc2nc(Cl)nn3c(Br)cnc23)C1. The van der Waals surface area contributed by atoms with E-state index in [4.69, 9.17) is 16.3 Å². The Kier molecular flexibility index (Phi) is 4.56. The average Bonchev–Trinajstić information content (AvgIpc) is 3.05. The fourth-order valence-electron chi connectivity index (χ4n) is 2.49. The molecular formula is C14H18BrClN6O2. The van der Waals surface area contributed by atoms with Crippen LogP contribution < -0.4 is 5.32 Å². The van der Waals surface area contributed by atoms with Gasteiger partial charge in [0.15, 0.2) is 11.5 Å². The lowest BCUT2D eigenvalue weighted by atomic mass is 10.2. The molecular weight excluding hydrogens is 400 g/mol. The van der Waals surface area contributed by atoms with E-state index in [2.05, 4.69) is 36.3 Å². The number of aromatic nitrogens is 4. The van der Waals surface area contributed by atoms with Crippen molar-refractivity contribution in [3.8, 4) is 0 Å². The van der Waals surface area contributed by atoms with Gasteiger partial charge in [0.25, 0.3) is 0 Å². The zero-order valence-electron chi connectivity index (χ0n) is 13.6. The Morgan fingerprint density at radius 3 is 2.96 bits per heavy atom. The van der Waals surface area contributed by atoms with Gasteiger partial charge in [0, 0.05) is 19.1 Å². The topological polar surface area (TPSA) is 84.6 Å². The molecule has 1 atom stereocenters. The van der Waals surface area contributed by atoms with Crippen LogP contribution in [0.15, 0.2) is 10.8 Å². The van der Waals surface area contributed by atoms with Gasteiger partial charge in [-0.15, -0.1) is 5.10 Å². The van der Waals surface area contributed by atoms with Gasteiger partial charge in [-0.05, 0) is 54.7 Å². The first kappa shape index (κ1) is 17.2. The minimum Gasteiger partial charge on any atom is -0.444 e. The molecule has 1 aliphatic rings. The Bertz CT molecular complexity index is 774. The molecule has 10 heteroatoms. The standard InChI is InChI=1S/C14H18BrClN6O2/c1-14(2,3)24-13(23)21-5-4-8(7-21)18-10-11-17-6-9(15)22(11)20-12(16)19-10/h6,8H,4-5,7H2,1-3H3,(H,18,19,20)/t8-/m0/s1. The van der Waals surface area contributed by atoms with Crippen LogP contribution in [0.2, 0.25) is 5.28 Å². The maximum atomic E-state index is 12.1. The van der Waals surface area contributed by atoms with Gasteiger partial charge in [-0.2, -0.15) is 4.98 Å². The van der Waals surface area contributed by atoms with Crippen molar-refractivity contribution in [2.75, 3.05) is 18.4 Å². The summed E-state index contributed by atoms with van der Waals surface area (Å²) in [7, 11) is 0. The van der Waals surface area contributed by atoms with Crippen LogP contribution >= 0.6 is 27.5 Å². The third-order valence-electron chi connectivity index (χ3n) is 3.48. The van der Waals surface area contributed by atoms with Gasteiger partial charge in [-0.3, -0.25) is 0 Å². The van der Waals surface area contributed by atoms with Crippen LogP contribution in [0, 0.1) is 0 Å². The fourth-order valence-corrected chi connectivity index (χ4v) is 3.00. The van der Waals surface area contributed by atoms with Crippen molar-refractivity contribution in [2.45, 2.75) is 38.8 Å². The van der Waals surface area contributed by atoms with E-state index in [1.54, 1.807) is 15.6 Å². The molecule has 1 amide bonds. The molecule has 1 fully saturated rings. The lowest BCUT2D eigenvalue weighted by Crippen LogP contribution is -2.36. The van der Waals surface area contributed by atoms with E-state index in [9.17, 15) is 4.79 Å². The van der Waals surface area contributed by atoms with Gasteiger partial charge in [0.05, 0.1) is 6.20 Å². The Morgan fingerprint density at radius 1 is 1.50 bits per heavy atom. The summed E-state index contributed by atoms with van der Waals surface area (Å²) in [6.07, 6.45) is 2.11. The molecule has 3 heterocycles. The molecule has 24 heavy (non-hydrogen) atoms. The summed E-state index contributed by atoms with van der Waals surface area (Å²) >= 11 is 9.33. The number of rotatable bonds is 2. The number of likely N-dealkylation sites (tertiary alicyclic amines) is 1. The number of imidazole rings is 1. The lowest BCUT2D eigenvalue weighted by Gasteiger charge is -2.24. The van der Waals surface area contributed by atoms with Crippen molar-refractivity contribution in [2.24, 2.45) is 0 Å². The summed E-state index contributed by atoms with van der Waals surface area (Å²) in [5.41, 5.74) is 0.0684. The highest BCUT2D eigenvalue weighted by Gasteiger charge is 2.30. The molecule has 2 aromatic rings. The molecule has 1 N–H and O–H groups in total. The first-order chi connectivity index (χ1) is 11.2. The number of carbonyl (C=O) groups excluding carboxylic acids is 1. The zero-order valence-corrected chi connectivity index (χ0v) is 15.9. The van der Waals surface area contributed by atoms with Crippen LogP contribution in [0.4, 0.5) is 10.6 Å². The molecule has 0 unspecified atom stereocenters. The number of hydrogen-bond donors (Lipinski definition) is 1. The van der Waals surface area contributed by atoms with E-state index < -0.39 is 5.60 Å². The van der Waals surface area contributed by atoms with Gasteiger partial charge in [-0.25, -0.2) is 14.3 Å². The highest BCUT2D eigenvalue weighted by molar-refractivity contribution is 9.10. The third kappa shape index (κ3) is 3.72. The molecule has 0 bridgehead atoms. The fraction of sp³-hybridized carbons (Fsp3) is 0.571. The molecule has 8 nitrogen and oxygen atoms in total. The van der Waals surface area contributed by atoms with Crippen molar-refractivity contribution in [1.29, 1.82) is 0 Å². The zero-order chi connectivity index (χ0) is 17.5. The summed E-state index contributed by atoms with van der Waals surface area (Å²) in [5, 5.41) is 7.50. The number of ether oxygens (including phenoxy) is 1. The lowest BCUT2D eigenvalue weighted by molar-refractivity contribution is 0.0293. The summed E-state index contributed by atoms with van der Waals surface area (Å²) in [6, 6.07) is 0.0442. The largest absolute Gasteiger partial charge is 0.444 e. The second kappa shape index (κ2) is 6.36. The second-order valence-corrected chi connectivity index (χ2v) is 7.75. The van der Waals surface area contributed by atoms with Crippen molar-refractivity contribution in [1.82, 2.24) is 24.5 Å². The first-order valence-corrected chi connectivity index (χ1v) is 8.71. The maximum Gasteiger partial charge on any atom is 0.410 e. The van der Waals surface area contributed by atoms with Crippen molar-refractivity contribution in [3.05, 3.63) is 16.1 Å². The van der Waals surface area contributed by atoms with Crippen molar-refractivity contribution >= 4 is 45.1 Å². The molecule has 1 saturated heterocycles. The predicted octanol–water partition coefficient (Wildman–Crippen LogP) is 2.96. The van der Waals surface area contributed by atoms with E-state index in [0.29, 0.717) is 29.2 Å². The molecule has 0 saturated carbocycles. The van der Waals surface area contributed by atoms with E-state index >= 15 is 0 Å². The number of fused-ring (bicyclic) bond motifs is 1. The smallest absolute Gasteiger partial charge is 0.410 e. The van der Waals surface area contributed by atoms with Gasteiger partial charge in [-0.1, -0.05) is 0 Å². The molecule has 3 rings (SSSR count). The Hall–Kier alpha value is -1.61. The maximum absolute atomic E-state index is 12.1. The Balaban J connectivity index is 1.71. The molecule has 0 radical (unpaired) electrons. The third-order valence-corrected chi connectivity index (χ3v) is 4.18. The van der Waals surface area contributed by atoms with Crippen molar-refractivity contribution < 1.29 is 9.53 Å². The molecule has 130 valence electrons. The predicted molar refractivity (Wildman–Crippen MR) is 93.3 cm³/mol. The van der Waals surface area contributed by atoms with E-state index in [1.807, 2.05) is 20.8 Å². The van der Waals surface area contributed by atoms with Gasteiger partial charge >= 0.3 is 6.09 Å². The minimum absolute atomic E-state index is 0.0442. The highest BCUT2D eigenvalue weighted by atomic mass is 79.9. The van der Waals surface area contributed by atoms with Crippen LogP contribution in [-0.2, 0) is 4.74 Å². The number of amides is 1. The number of carbonyl (C=O) groups is 1. The summed E-state index contributed by atoms with van der Waals surface area (Å²) < 4.78 is 7.66. The Morgan fingerprint density at radius 2 is 2.25 bits per heavy atom. The normalized spacial score (nSPS) is 18.2. The minimum atomic E-state index is -0.503. The summed E-state index contributed by atoms with van der Waals surface area (Å²) in [4.78, 5) is 22.3. The summed E-state index contributed by atoms with van der Waals surface area (Å²) in [5.74, 6) is 0.539. The Labute approximate surface area is 152 Å². The van der Waals surface area contributed by atoms with E-state index in [1.165, 1.54) is 0 Å². The second-order valence-electron chi connectivity index (χ2n) is 6.60. The van der Waals surface area contributed by atoms with Crippen LogP contribution in [0.3, 0.4) is 0 Å². The van der Waals surface area contributed by atoms with E-state index in [0.717, 1.165) is 6.42 Å². The van der Waals surface area contributed by atoms with Gasteiger partial charge in [0.2, 0.25) is 5.28 Å². The molecule has 0 spiro atoms. The van der Waals surface area contributed by atoms with Gasteiger partial charge in [0.1, 0.15) is 10.2 Å². The number of hydrogen-bond acceptors (Lipinski definition) is 6. The number of nitrogens with zero attached hydrogens (tertiary/aromatic N) is 5. The van der Waals surface area contributed by atoms with Gasteiger partial charge < -0.3 is 15.0 Å². The number of anilines is 1. The molecule has 2 aromatic heterocycles. The van der Waals surface area contributed by atoms with Crippen molar-refractivity contribution in [3.63, 3.8) is 0 Å². The van der Waals surface area contributed by atoms with Crippen LogP contribution in [0.1, 0.15) is 27.2 Å². The molecule has 1 aliphatic heterocycles. The van der Waals surface area contributed by atoms with Crippen LogP contribution in [-0.4, -0.2) is 55.3 Å². The van der Waals surface area contributed by atoms with Crippen LogP contribution in [0.5, 0.6) is 0 Å². The number of halogens is 2. The van der Waals surface area contributed by atoms with E-state index in [-0.39, 0.29) is 17.4 Å². The van der Waals surface area contributed by atoms with Crippen LogP contribution in [0.25, 0.3) is 5.65 Å². The first-order valence-electron chi connectivity index (χ1n) is 7.54. The summed E-state index contributed by atoms with van der Waals surface area (Å²) in [6.45, 7) is 6.72. The highest BCUT2D eigenvalue weighted by Crippen LogP contribution is 2.23.